The first kappa shape index (κ1) is 14.8. The Morgan fingerprint density at radius 3 is 2.39 bits per heavy atom. The number of rotatable bonds is 4. The number of aliphatic hydroxyl groups excluding tert-OH is 1. The molecule has 0 amide bonds. The highest BCUT2D eigenvalue weighted by atomic mass is 32.2. The summed E-state index contributed by atoms with van der Waals surface area (Å²) in [5, 5.41) is 7.54. The van der Waals surface area contributed by atoms with Crippen molar-refractivity contribution in [2.24, 2.45) is 0 Å². The molecule has 0 aliphatic rings. The van der Waals surface area contributed by atoms with Crippen LogP contribution in [-0.4, -0.2) is 25.4 Å². The third-order valence-corrected chi connectivity index (χ3v) is 3.98. The number of alkyl halides is 3. The molecule has 1 aromatic carbocycles. The lowest BCUT2D eigenvalue weighted by molar-refractivity contribution is -0.136. The summed E-state index contributed by atoms with van der Waals surface area (Å²) in [6.45, 7) is 0.516. The van der Waals surface area contributed by atoms with E-state index in [0.29, 0.717) is 0 Å². The Kier molecular flexibility index (Phi) is 4.23. The van der Waals surface area contributed by atoms with Crippen molar-refractivity contribution in [3.05, 3.63) is 29.8 Å². The third-order valence-electron chi connectivity index (χ3n) is 2.27. The minimum Gasteiger partial charge on any atom is -0.395 e. The Hall–Kier alpha value is -1.28. The summed E-state index contributed by atoms with van der Waals surface area (Å²) in [7, 11) is -4.05. The summed E-state index contributed by atoms with van der Waals surface area (Å²) in [5.74, 6) is 0. The Labute approximate surface area is 102 Å². The third kappa shape index (κ3) is 3.36. The van der Waals surface area contributed by atoms with Crippen LogP contribution in [0.2, 0.25) is 0 Å². The molecule has 0 aromatic heterocycles. The average Bonchev–Trinajstić information content (AvgIpc) is 2.26. The zero-order valence-corrected chi connectivity index (χ0v) is 10.2. The molecule has 0 aliphatic heterocycles. The minimum atomic E-state index is -4.65. The van der Waals surface area contributed by atoms with Gasteiger partial charge in [0, 0.05) is 0 Å². The summed E-state index contributed by atoms with van der Waals surface area (Å²) in [5.41, 5.74) is -1.62. The van der Waals surface area contributed by atoms with Gasteiger partial charge >= 0.3 is 6.18 Å². The zero-order chi connectivity index (χ0) is 14.0. The van der Waals surface area contributed by atoms with Crippen molar-refractivity contribution in [2.75, 3.05) is 11.3 Å². The van der Waals surface area contributed by atoms with E-state index in [1.807, 2.05) is 4.72 Å². The predicted molar refractivity (Wildman–Crippen MR) is 60.5 cm³/mol. The SMILES string of the molecule is CC(CO)S(=O)(=O)Nc1ccccc1C(F)(F)F. The van der Waals surface area contributed by atoms with Crippen LogP contribution in [0.15, 0.2) is 24.3 Å². The van der Waals surface area contributed by atoms with Crippen molar-refractivity contribution in [1.29, 1.82) is 0 Å². The van der Waals surface area contributed by atoms with Crippen LogP contribution in [0.4, 0.5) is 18.9 Å². The Morgan fingerprint density at radius 1 is 1.33 bits per heavy atom. The van der Waals surface area contributed by atoms with Crippen molar-refractivity contribution < 1.29 is 26.7 Å². The minimum absolute atomic E-state index is 0.551. The van der Waals surface area contributed by atoms with E-state index in [1.165, 1.54) is 13.0 Å². The van der Waals surface area contributed by atoms with E-state index in [-0.39, 0.29) is 0 Å². The van der Waals surface area contributed by atoms with Crippen LogP contribution in [0.1, 0.15) is 12.5 Å². The van der Waals surface area contributed by atoms with E-state index < -0.39 is 39.3 Å². The molecule has 0 fully saturated rings. The first-order valence-corrected chi connectivity index (χ1v) is 6.52. The maximum Gasteiger partial charge on any atom is 0.418 e. The Balaban J connectivity index is 3.14. The van der Waals surface area contributed by atoms with Crippen LogP contribution in [0, 0.1) is 0 Å². The number of anilines is 1. The van der Waals surface area contributed by atoms with E-state index in [4.69, 9.17) is 5.11 Å². The molecular weight excluding hydrogens is 271 g/mol. The van der Waals surface area contributed by atoms with Crippen molar-refractivity contribution in [3.8, 4) is 0 Å². The van der Waals surface area contributed by atoms with Crippen LogP contribution in [0.25, 0.3) is 0 Å². The number of hydrogen-bond acceptors (Lipinski definition) is 3. The molecular formula is C10H12F3NO3S. The highest BCUT2D eigenvalue weighted by Crippen LogP contribution is 2.35. The smallest absolute Gasteiger partial charge is 0.395 e. The average molecular weight is 283 g/mol. The van der Waals surface area contributed by atoms with Gasteiger partial charge in [0.05, 0.1) is 17.9 Å². The van der Waals surface area contributed by atoms with Crippen LogP contribution in [0.3, 0.4) is 0 Å². The second-order valence-electron chi connectivity index (χ2n) is 3.68. The number of aliphatic hydroxyl groups is 1. The number of sulfonamides is 1. The van der Waals surface area contributed by atoms with Gasteiger partial charge in [-0.15, -0.1) is 0 Å². The fourth-order valence-corrected chi connectivity index (χ4v) is 2.05. The number of benzene rings is 1. The second-order valence-corrected chi connectivity index (χ2v) is 5.78. The first-order valence-electron chi connectivity index (χ1n) is 4.97. The molecule has 0 aliphatic carbocycles. The van der Waals surface area contributed by atoms with Gasteiger partial charge in [0.15, 0.2) is 0 Å². The van der Waals surface area contributed by atoms with Crippen LogP contribution in [-0.2, 0) is 16.2 Å². The molecule has 0 heterocycles. The van der Waals surface area contributed by atoms with Gasteiger partial charge in [0.1, 0.15) is 5.25 Å². The molecule has 18 heavy (non-hydrogen) atoms. The molecule has 1 unspecified atom stereocenters. The van der Waals surface area contributed by atoms with Gasteiger partial charge in [-0.25, -0.2) is 8.42 Å². The topological polar surface area (TPSA) is 66.4 Å². The molecule has 102 valence electrons. The molecule has 0 spiro atoms. The van der Waals surface area contributed by atoms with Crippen LogP contribution < -0.4 is 4.72 Å². The zero-order valence-electron chi connectivity index (χ0n) is 9.40. The molecule has 8 heteroatoms. The molecule has 2 N–H and O–H groups in total. The molecule has 1 atom stereocenters. The lowest BCUT2D eigenvalue weighted by Crippen LogP contribution is -2.29. The van der Waals surface area contributed by atoms with Gasteiger partial charge in [0.25, 0.3) is 0 Å². The first-order chi connectivity index (χ1) is 8.18. The largest absolute Gasteiger partial charge is 0.418 e. The van der Waals surface area contributed by atoms with Crippen LogP contribution in [0.5, 0.6) is 0 Å². The van der Waals surface area contributed by atoms with Gasteiger partial charge in [0.2, 0.25) is 10.0 Å². The van der Waals surface area contributed by atoms with Crippen molar-refractivity contribution in [3.63, 3.8) is 0 Å². The highest BCUT2D eigenvalue weighted by molar-refractivity contribution is 7.93. The highest BCUT2D eigenvalue weighted by Gasteiger charge is 2.34. The molecule has 4 nitrogen and oxygen atoms in total. The Morgan fingerprint density at radius 2 is 1.89 bits per heavy atom. The number of nitrogens with one attached hydrogen (secondary N) is 1. The second kappa shape index (κ2) is 5.15. The maximum atomic E-state index is 12.6. The normalized spacial score (nSPS) is 14.3. The van der Waals surface area contributed by atoms with Gasteiger partial charge in [-0.05, 0) is 19.1 Å². The number of halogens is 3. The summed E-state index contributed by atoms with van der Waals surface area (Å²) >= 11 is 0. The van der Waals surface area contributed by atoms with Crippen molar-refractivity contribution >= 4 is 15.7 Å². The molecule has 0 saturated heterocycles. The molecule has 0 saturated carbocycles. The van der Waals surface area contributed by atoms with E-state index in [1.54, 1.807) is 0 Å². The number of hydrogen-bond donors (Lipinski definition) is 2. The predicted octanol–water partition coefficient (Wildman–Crippen LogP) is 1.83. The molecule has 0 radical (unpaired) electrons. The van der Waals surface area contributed by atoms with E-state index in [9.17, 15) is 21.6 Å². The fourth-order valence-electron chi connectivity index (χ4n) is 1.17. The summed E-state index contributed by atoms with van der Waals surface area (Å²) < 4.78 is 62.8. The van der Waals surface area contributed by atoms with Gasteiger partial charge in [-0.3, -0.25) is 4.72 Å². The number of para-hydroxylation sites is 1. The summed E-state index contributed by atoms with van der Waals surface area (Å²) in [6, 6.07) is 4.25. The standard InChI is InChI=1S/C10H12F3NO3S/c1-7(6-15)18(16,17)14-9-5-3-2-4-8(9)10(11,12)13/h2-5,7,14-15H,6H2,1H3. The lowest BCUT2D eigenvalue weighted by Gasteiger charge is -2.16. The Bertz CT molecular complexity index is 513. The van der Waals surface area contributed by atoms with E-state index in [0.717, 1.165) is 18.2 Å². The maximum absolute atomic E-state index is 12.6. The molecule has 0 bridgehead atoms. The summed E-state index contributed by atoms with van der Waals surface area (Å²) in [4.78, 5) is 0. The van der Waals surface area contributed by atoms with E-state index >= 15 is 0 Å². The fraction of sp³-hybridized carbons (Fsp3) is 0.400. The van der Waals surface area contributed by atoms with Gasteiger partial charge in [-0.2, -0.15) is 13.2 Å². The van der Waals surface area contributed by atoms with Crippen molar-refractivity contribution in [2.45, 2.75) is 18.3 Å². The van der Waals surface area contributed by atoms with Crippen molar-refractivity contribution in [1.82, 2.24) is 0 Å². The molecule has 1 aromatic rings. The van der Waals surface area contributed by atoms with Crippen LogP contribution >= 0.6 is 0 Å². The quantitative estimate of drug-likeness (QED) is 0.886. The lowest BCUT2D eigenvalue weighted by atomic mass is 10.2. The molecule has 1 rings (SSSR count). The summed E-state index contributed by atoms with van der Waals surface area (Å²) in [6.07, 6.45) is -4.65. The van der Waals surface area contributed by atoms with Gasteiger partial charge < -0.3 is 5.11 Å². The van der Waals surface area contributed by atoms with Gasteiger partial charge in [-0.1, -0.05) is 12.1 Å². The monoisotopic (exact) mass is 283 g/mol. The van der Waals surface area contributed by atoms with E-state index in [2.05, 4.69) is 0 Å².